The molecule has 0 radical (unpaired) electrons. The Balaban J connectivity index is 1.79. The van der Waals surface area contributed by atoms with E-state index < -0.39 is 0 Å². The Labute approximate surface area is 134 Å². The highest BCUT2D eigenvalue weighted by molar-refractivity contribution is 9.10. The van der Waals surface area contributed by atoms with Crippen LogP contribution in [0.3, 0.4) is 0 Å². The van der Waals surface area contributed by atoms with Gasteiger partial charge in [0.1, 0.15) is 5.82 Å². The van der Waals surface area contributed by atoms with Gasteiger partial charge in [-0.2, -0.15) is 0 Å². The predicted molar refractivity (Wildman–Crippen MR) is 86.9 cm³/mol. The van der Waals surface area contributed by atoms with Crippen LogP contribution in [0.15, 0.2) is 40.2 Å². The Bertz CT molecular complexity index is 606. The smallest absolute Gasteiger partial charge is 0.333 e. The SMILES string of the molecule is CC(Cc1cccs1)NC(=O)NNc1ccc(F)cc1Br. The van der Waals surface area contributed by atoms with Gasteiger partial charge in [0.15, 0.2) is 0 Å². The second kappa shape index (κ2) is 7.42. The Kier molecular flexibility index (Phi) is 5.58. The van der Waals surface area contributed by atoms with Crippen molar-refractivity contribution in [1.29, 1.82) is 0 Å². The third kappa shape index (κ3) is 5.02. The zero-order chi connectivity index (χ0) is 15.2. The van der Waals surface area contributed by atoms with Gasteiger partial charge in [0.2, 0.25) is 0 Å². The zero-order valence-corrected chi connectivity index (χ0v) is 13.7. The maximum Gasteiger partial charge on any atom is 0.333 e. The van der Waals surface area contributed by atoms with Crippen molar-refractivity contribution in [2.45, 2.75) is 19.4 Å². The number of anilines is 1. The predicted octanol–water partition coefficient (Wildman–Crippen LogP) is 3.91. The summed E-state index contributed by atoms with van der Waals surface area (Å²) in [5.74, 6) is -0.346. The number of carbonyl (C=O) groups excluding carboxylic acids is 1. The minimum atomic E-state index is -0.346. The summed E-state index contributed by atoms with van der Waals surface area (Å²) in [6.45, 7) is 1.94. The third-order valence-electron chi connectivity index (χ3n) is 2.71. The Morgan fingerprint density at radius 2 is 2.24 bits per heavy atom. The lowest BCUT2D eigenvalue weighted by molar-refractivity contribution is 0.239. The molecular formula is C14H15BrFN3OS. The summed E-state index contributed by atoms with van der Waals surface area (Å²) >= 11 is 4.88. The van der Waals surface area contributed by atoms with Gasteiger partial charge in [-0.15, -0.1) is 11.3 Å². The van der Waals surface area contributed by atoms with Crippen LogP contribution >= 0.6 is 27.3 Å². The summed E-state index contributed by atoms with van der Waals surface area (Å²) in [6, 6.07) is 7.87. The van der Waals surface area contributed by atoms with Crippen molar-refractivity contribution in [2.24, 2.45) is 0 Å². The van der Waals surface area contributed by atoms with Crippen molar-refractivity contribution in [2.75, 3.05) is 5.43 Å². The zero-order valence-electron chi connectivity index (χ0n) is 11.3. The first-order valence-corrected chi connectivity index (χ1v) is 8.02. The lowest BCUT2D eigenvalue weighted by Gasteiger charge is -2.15. The van der Waals surface area contributed by atoms with Crippen LogP contribution in [0.5, 0.6) is 0 Å². The van der Waals surface area contributed by atoms with E-state index in [0.29, 0.717) is 10.2 Å². The number of halogens is 2. The molecule has 1 atom stereocenters. The van der Waals surface area contributed by atoms with Crippen molar-refractivity contribution in [3.63, 3.8) is 0 Å². The van der Waals surface area contributed by atoms with Crippen LogP contribution in [0.4, 0.5) is 14.9 Å². The van der Waals surface area contributed by atoms with Crippen molar-refractivity contribution < 1.29 is 9.18 Å². The van der Waals surface area contributed by atoms with Crippen LogP contribution in [-0.2, 0) is 6.42 Å². The van der Waals surface area contributed by atoms with Gasteiger partial charge in [-0.1, -0.05) is 6.07 Å². The molecule has 3 N–H and O–H groups in total. The quantitative estimate of drug-likeness (QED) is 0.698. The first kappa shape index (κ1) is 15.8. The number of thiophene rings is 1. The summed E-state index contributed by atoms with van der Waals surface area (Å²) in [5.41, 5.74) is 5.83. The summed E-state index contributed by atoms with van der Waals surface area (Å²) in [7, 11) is 0. The molecule has 1 aromatic carbocycles. The average Bonchev–Trinajstić information content (AvgIpc) is 2.90. The topological polar surface area (TPSA) is 53.2 Å². The molecule has 0 aliphatic heterocycles. The van der Waals surface area contributed by atoms with Crippen LogP contribution in [0.25, 0.3) is 0 Å². The van der Waals surface area contributed by atoms with E-state index in [2.05, 4.69) is 32.1 Å². The molecule has 2 amide bonds. The van der Waals surface area contributed by atoms with Crippen LogP contribution in [0.2, 0.25) is 0 Å². The first-order chi connectivity index (χ1) is 10.0. The van der Waals surface area contributed by atoms with Gasteiger partial charge in [-0.05, 0) is 52.5 Å². The third-order valence-corrected chi connectivity index (χ3v) is 4.26. The molecule has 2 aromatic rings. The molecule has 0 aliphatic carbocycles. The first-order valence-electron chi connectivity index (χ1n) is 6.34. The maximum atomic E-state index is 12.9. The molecule has 2 rings (SSSR count). The van der Waals surface area contributed by atoms with E-state index in [1.807, 2.05) is 24.4 Å². The van der Waals surface area contributed by atoms with E-state index in [0.717, 1.165) is 6.42 Å². The molecule has 1 aromatic heterocycles. The van der Waals surface area contributed by atoms with E-state index in [1.54, 1.807) is 11.3 Å². The molecule has 0 spiro atoms. The van der Waals surface area contributed by atoms with E-state index in [-0.39, 0.29) is 17.9 Å². The van der Waals surface area contributed by atoms with Gasteiger partial charge in [0, 0.05) is 21.8 Å². The molecule has 0 fully saturated rings. The molecular weight excluding hydrogens is 357 g/mol. The fourth-order valence-corrected chi connectivity index (χ4v) is 3.04. The molecule has 0 saturated carbocycles. The molecule has 0 bridgehead atoms. The number of hydrogen-bond donors (Lipinski definition) is 3. The lowest BCUT2D eigenvalue weighted by Crippen LogP contribution is -2.44. The molecule has 1 heterocycles. The normalized spacial score (nSPS) is 11.8. The Hall–Kier alpha value is -1.60. The van der Waals surface area contributed by atoms with Crippen LogP contribution in [0.1, 0.15) is 11.8 Å². The largest absolute Gasteiger partial charge is 0.334 e. The van der Waals surface area contributed by atoms with E-state index >= 15 is 0 Å². The fourth-order valence-electron chi connectivity index (χ4n) is 1.76. The number of hydrazine groups is 1. The number of benzene rings is 1. The standard InChI is InChI=1S/C14H15BrFN3OS/c1-9(7-11-3-2-6-21-11)17-14(20)19-18-13-5-4-10(16)8-12(13)15/h2-6,8-9,18H,7H2,1H3,(H2,17,19,20). The highest BCUT2D eigenvalue weighted by Crippen LogP contribution is 2.22. The monoisotopic (exact) mass is 371 g/mol. The average molecular weight is 372 g/mol. The molecule has 1 unspecified atom stereocenters. The summed E-state index contributed by atoms with van der Waals surface area (Å²) in [4.78, 5) is 13.0. The number of urea groups is 1. The van der Waals surface area contributed by atoms with Gasteiger partial charge in [-0.3, -0.25) is 10.9 Å². The fraction of sp³-hybridized carbons (Fsp3) is 0.214. The number of nitrogens with one attached hydrogen (secondary N) is 3. The second-order valence-electron chi connectivity index (χ2n) is 4.53. The molecule has 21 heavy (non-hydrogen) atoms. The van der Waals surface area contributed by atoms with Gasteiger partial charge in [0.05, 0.1) is 5.69 Å². The molecule has 0 aliphatic rings. The van der Waals surface area contributed by atoms with Crippen molar-refractivity contribution in [3.8, 4) is 0 Å². The molecule has 0 saturated heterocycles. The van der Waals surface area contributed by atoms with Gasteiger partial charge < -0.3 is 5.32 Å². The molecule has 7 heteroatoms. The summed E-state index contributed by atoms with van der Waals surface area (Å²) < 4.78 is 13.5. The number of carbonyl (C=O) groups is 1. The summed E-state index contributed by atoms with van der Waals surface area (Å²) in [5, 5.41) is 4.83. The maximum absolute atomic E-state index is 12.9. The minimum absolute atomic E-state index is 0.0158. The van der Waals surface area contributed by atoms with Crippen LogP contribution < -0.4 is 16.2 Å². The van der Waals surface area contributed by atoms with E-state index in [1.165, 1.54) is 23.1 Å². The minimum Gasteiger partial charge on any atom is -0.334 e. The van der Waals surface area contributed by atoms with Gasteiger partial charge in [0.25, 0.3) is 0 Å². The lowest BCUT2D eigenvalue weighted by atomic mass is 10.2. The van der Waals surface area contributed by atoms with Crippen molar-refractivity contribution in [1.82, 2.24) is 10.7 Å². The molecule has 112 valence electrons. The van der Waals surface area contributed by atoms with Crippen LogP contribution in [0, 0.1) is 5.82 Å². The summed E-state index contributed by atoms with van der Waals surface area (Å²) in [6.07, 6.45) is 0.783. The number of rotatable bonds is 5. The highest BCUT2D eigenvalue weighted by atomic mass is 79.9. The van der Waals surface area contributed by atoms with Gasteiger partial charge >= 0.3 is 6.03 Å². The number of hydrogen-bond acceptors (Lipinski definition) is 3. The van der Waals surface area contributed by atoms with Crippen molar-refractivity contribution >= 4 is 39.0 Å². The highest BCUT2D eigenvalue weighted by Gasteiger charge is 2.09. The second-order valence-corrected chi connectivity index (χ2v) is 6.42. The van der Waals surface area contributed by atoms with E-state index in [9.17, 15) is 9.18 Å². The van der Waals surface area contributed by atoms with Crippen molar-refractivity contribution in [3.05, 3.63) is 50.9 Å². The van der Waals surface area contributed by atoms with E-state index in [4.69, 9.17) is 0 Å². The molecule has 4 nitrogen and oxygen atoms in total. The Morgan fingerprint density at radius 1 is 1.43 bits per heavy atom. The number of amides is 2. The van der Waals surface area contributed by atoms with Gasteiger partial charge in [-0.25, -0.2) is 9.18 Å². The Morgan fingerprint density at radius 3 is 2.90 bits per heavy atom. The van der Waals surface area contributed by atoms with Crippen LogP contribution in [-0.4, -0.2) is 12.1 Å².